The second kappa shape index (κ2) is 7.49. The lowest BCUT2D eigenvalue weighted by atomic mass is 9.88. The summed E-state index contributed by atoms with van der Waals surface area (Å²) in [6.45, 7) is 0.917. The van der Waals surface area contributed by atoms with Gasteiger partial charge in [-0.15, -0.1) is 13.2 Å². The van der Waals surface area contributed by atoms with E-state index in [0.717, 1.165) is 49.2 Å². The van der Waals surface area contributed by atoms with Crippen molar-refractivity contribution in [3.05, 3.63) is 60.2 Å². The Balaban J connectivity index is 1.74. The lowest BCUT2D eigenvalue weighted by Crippen LogP contribution is -2.47. The summed E-state index contributed by atoms with van der Waals surface area (Å²) >= 11 is 0. The van der Waals surface area contributed by atoms with Crippen molar-refractivity contribution >= 4 is 10.0 Å². The van der Waals surface area contributed by atoms with E-state index in [1.165, 1.54) is 0 Å². The van der Waals surface area contributed by atoms with Crippen LogP contribution in [0.4, 0.5) is 13.2 Å². The normalized spacial score (nSPS) is 20.6. The van der Waals surface area contributed by atoms with Crippen LogP contribution in [0.2, 0.25) is 0 Å². The Bertz CT molecular complexity index is 863. The Hall–Kier alpha value is -2.10. The molecule has 27 heavy (non-hydrogen) atoms. The number of ether oxygens (including phenoxy) is 1. The zero-order valence-electron chi connectivity index (χ0n) is 14.3. The van der Waals surface area contributed by atoms with Gasteiger partial charge in [0.15, 0.2) is 0 Å². The molecule has 2 aromatic carbocycles. The number of alkyl halides is 3. The fourth-order valence-electron chi connectivity index (χ4n) is 3.18. The molecular formula is C18H19F3N2O3S. The van der Waals surface area contributed by atoms with Gasteiger partial charge in [-0.1, -0.05) is 30.3 Å². The highest BCUT2D eigenvalue weighted by atomic mass is 32.2. The van der Waals surface area contributed by atoms with Crippen LogP contribution in [0.15, 0.2) is 59.5 Å². The van der Waals surface area contributed by atoms with E-state index in [-0.39, 0.29) is 11.4 Å². The van der Waals surface area contributed by atoms with Gasteiger partial charge < -0.3 is 10.1 Å². The van der Waals surface area contributed by atoms with E-state index in [1.807, 2.05) is 30.3 Å². The van der Waals surface area contributed by atoms with E-state index in [9.17, 15) is 21.6 Å². The van der Waals surface area contributed by atoms with Gasteiger partial charge in [-0.25, -0.2) is 13.1 Å². The van der Waals surface area contributed by atoms with Crippen LogP contribution in [0.3, 0.4) is 0 Å². The third-order valence-electron chi connectivity index (χ3n) is 4.50. The van der Waals surface area contributed by atoms with Gasteiger partial charge in [0.2, 0.25) is 10.0 Å². The number of rotatable bonds is 6. The number of nitrogens with one attached hydrogen (secondary N) is 2. The molecule has 0 unspecified atom stereocenters. The standard InChI is InChI=1S/C18H19F3N2O3S/c19-18(20,21)26-15-7-9-16(10-8-15)27(24,25)23-13-17(11-4-12-22-17)14-5-2-1-3-6-14/h1-3,5-10,22-23H,4,11-13H2/t17-/m0/s1. The van der Waals surface area contributed by atoms with E-state index in [1.54, 1.807) is 0 Å². The molecule has 2 aromatic rings. The third kappa shape index (κ3) is 4.79. The average molecular weight is 400 g/mol. The third-order valence-corrected chi connectivity index (χ3v) is 5.92. The molecule has 3 rings (SSSR count). The first-order valence-corrected chi connectivity index (χ1v) is 9.85. The van der Waals surface area contributed by atoms with Crippen molar-refractivity contribution < 1.29 is 26.3 Å². The average Bonchev–Trinajstić information content (AvgIpc) is 3.10. The molecule has 9 heteroatoms. The van der Waals surface area contributed by atoms with Gasteiger partial charge in [0.25, 0.3) is 0 Å². The number of hydrogen-bond donors (Lipinski definition) is 2. The monoisotopic (exact) mass is 400 g/mol. The molecule has 0 aromatic heterocycles. The maximum absolute atomic E-state index is 12.6. The Morgan fingerprint density at radius 3 is 2.30 bits per heavy atom. The number of sulfonamides is 1. The van der Waals surface area contributed by atoms with Crippen molar-refractivity contribution in [2.45, 2.75) is 29.6 Å². The summed E-state index contributed by atoms with van der Waals surface area (Å²) in [5, 5.41) is 3.37. The summed E-state index contributed by atoms with van der Waals surface area (Å²) in [6.07, 6.45) is -3.13. The highest BCUT2D eigenvalue weighted by Gasteiger charge is 2.36. The molecule has 0 amide bonds. The molecule has 0 bridgehead atoms. The van der Waals surface area contributed by atoms with Crippen molar-refractivity contribution in [2.24, 2.45) is 0 Å². The number of halogens is 3. The van der Waals surface area contributed by atoms with E-state index < -0.39 is 27.7 Å². The predicted molar refractivity (Wildman–Crippen MR) is 93.7 cm³/mol. The SMILES string of the molecule is O=S(=O)(NC[C@]1(c2ccccc2)CCCN1)c1ccc(OC(F)(F)F)cc1. The van der Waals surface area contributed by atoms with Crippen molar-refractivity contribution in [3.63, 3.8) is 0 Å². The summed E-state index contributed by atoms with van der Waals surface area (Å²) in [6, 6.07) is 13.7. The van der Waals surface area contributed by atoms with Gasteiger partial charge >= 0.3 is 6.36 Å². The Morgan fingerprint density at radius 1 is 1.07 bits per heavy atom. The predicted octanol–water partition coefficient (Wildman–Crippen LogP) is 3.14. The second-order valence-electron chi connectivity index (χ2n) is 6.32. The molecule has 0 aliphatic carbocycles. The topological polar surface area (TPSA) is 67.4 Å². The fourth-order valence-corrected chi connectivity index (χ4v) is 4.28. The molecule has 0 saturated carbocycles. The second-order valence-corrected chi connectivity index (χ2v) is 8.09. The van der Waals surface area contributed by atoms with Gasteiger partial charge in [0.1, 0.15) is 5.75 Å². The zero-order valence-corrected chi connectivity index (χ0v) is 15.1. The van der Waals surface area contributed by atoms with Crippen LogP contribution in [0.25, 0.3) is 0 Å². The molecule has 0 spiro atoms. The minimum atomic E-state index is -4.82. The number of benzene rings is 2. The largest absolute Gasteiger partial charge is 0.573 e. The van der Waals surface area contributed by atoms with Gasteiger partial charge in [-0.3, -0.25) is 0 Å². The minimum Gasteiger partial charge on any atom is -0.406 e. The molecule has 1 fully saturated rings. The van der Waals surface area contributed by atoms with E-state index in [4.69, 9.17) is 0 Å². The molecule has 1 atom stereocenters. The molecule has 1 aliphatic heterocycles. The van der Waals surface area contributed by atoms with Crippen molar-refractivity contribution in [1.29, 1.82) is 0 Å². The number of hydrogen-bond acceptors (Lipinski definition) is 4. The molecular weight excluding hydrogens is 381 g/mol. The van der Waals surface area contributed by atoms with Crippen LogP contribution in [0, 0.1) is 0 Å². The quantitative estimate of drug-likeness (QED) is 0.782. The van der Waals surface area contributed by atoms with Crippen molar-refractivity contribution in [1.82, 2.24) is 10.0 Å². The lowest BCUT2D eigenvalue weighted by molar-refractivity contribution is -0.274. The fraction of sp³-hybridized carbons (Fsp3) is 0.333. The smallest absolute Gasteiger partial charge is 0.406 e. The van der Waals surface area contributed by atoms with Crippen molar-refractivity contribution in [2.75, 3.05) is 13.1 Å². The highest BCUT2D eigenvalue weighted by Crippen LogP contribution is 2.31. The van der Waals surface area contributed by atoms with Gasteiger partial charge in [-0.2, -0.15) is 0 Å². The molecule has 1 heterocycles. The van der Waals surface area contributed by atoms with Crippen LogP contribution < -0.4 is 14.8 Å². The Kier molecular flexibility index (Phi) is 5.45. The van der Waals surface area contributed by atoms with Crippen molar-refractivity contribution in [3.8, 4) is 5.75 Å². The van der Waals surface area contributed by atoms with Crippen LogP contribution in [-0.4, -0.2) is 27.9 Å². The minimum absolute atomic E-state index is 0.127. The zero-order chi connectivity index (χ0) is 19.5. The first-order chi connectivity index (χ1) is 12.7. The van der Waals surface area contributed by atoms with Crippen LogP contribution in [-0.2, 0) is 15.6 Å². The lowest BCUT2D eigenvalue weighted by Gasteiger charge is -2.30. The maximum Gasteiger partial charge on any atom is 0.573 e. The van der Waals surface area contributed by atoms with E-state index in [2.05, 4.69) is 14.8 Å². The van der Waals surface area contributed by atoms with Gasteiger partial charge in [-0.05, 0) is 49.2 Å². The maximum atomic E-state index is 12.6. The molecule has 146 valence electrons. The first kappa shape index (κ1) is 19.7. The van der Waals surface area contributed by atoms with Gasteiger partial charge in [0.05, 0.1) is 10.4 Å². The Labute approximate surface area is 155 Å². The molecule has 2 N–H and O–H groups in total. The van der Waals surface area contributed by atoms with Crippen LogP contribution in [0.5, 0.6) is 5.75 Å². The summed E-state index contributed by atoms with van der Waals surface area (Å²) in [4.78, 5) is -0.127. The van der Waals surface area contributed by atoms with Crippen LogP contribution in [0.1, 0.15) is 18.4 Å². The highest BCUT2D eigenvalue weighted by molar-refractivity contribution is 7.89. The van der Waals surface area contributed by atoms with E-state index >= 15 is 0 Å². The summed E-state index contributed by atoms with van der Waals surface area (Å²) in [7, 11) is -3.88. The molecule has 1 aliphatic rings. The van der Waals surface area contributed by atoms with Crippen LogP contribution >= 0.6 is 0 Å². The molecule has 1 saturated heterocycles. The Morgan fingerprint density at radius 2 is 1.74 bits per heavy atom. The summed E-state index contributed by atoms with van der Waals surface area (Å²) < 4.78 is 68.1. The summed E-state index contributed by atoms with van der Waals surface area (Å²) in [5.74, 6) is -0.473. The molecule has 0 radical (unpaired) electrons. The summed E-state index contributed by atoms with van der Waals surface area (Å²) in [5.41, 5.74) is 0.479. The van der Waals surface area contributed by atoms with Gasteiger partial charge in [0, 0.05) is 6.54 Å². The molecule has 5 nitrogen and oxygen atoms in total. The first-order valence-electron chi connectivity index (χ1n) is 8.36. The van der Waals surface area contributed by atoms with E-state index in [0.29, 0.717) is 0 Å².